The minimum absolute atomic E-state index is 0.575. The van der Waals surface area contributed by atoms with Crippen molar-refractivity contribution in [3.63, 3.8) is 0 Å². The van der Waals surface area contributed by atoms with E-state index >= 15 is 0 Å². The normalized spacial score (nSPS) is 14.3. The monoisotopic (exact) mass is 832 g/mol. The van der Waals surface area contributed by atoms with Gasteiger partial charge in [0.05, 0.1) is 16.8 Å². The molecule has 3 heteroatoms. The molecule has 11 aromatic rings. The molecule has 0 amide bonds. The van der Waals surface area contributed by atoms with Gasteiger partial charge in [-0.15, -0.1) is 11.3 Å². The first-order chi connectivity index (χ1) is 31.8. The summed E-state index contributed by atoms with van der Waals surface area (Å²) in [6, 6.07) is 89.4. The lowest BCUT2D eigenvalue weighted by atomic mass is 9.73. The van der Waals surface area contributed by atoms with Crippen molar-refractivity contribution >= 4 is 66.3 Å². The van der Waals surface area contributed by atoms with Gasteiger partial charge >= 0.3 is 0 Å². The molecule has 300 valence electrons. The van der Waals surface area contributed by atoms with E-state index in [9.17, 15) is 0 Å². The zero-order valence-corrected chi connectivity index (χ0v) is 35.7. The molecule has 1 spiro atoms. The van der Waals surface area contributed by atoms with E-state index in [4.69, 9.17) is 0 Å². The van der Waals surface area contributed by atoms with E-state index in [0.29, 0.717) is 0 Å². The number of thiophene rings is 1. The summed E-state index contributed by atoms with van der Waals surface area (Å²) in [5.74, 6) is 0. The van der Waals surface area contributed by atoms with Crippen LogP contribution in [0.4, 0.5) is 34.1 Å². The Labute approximate surface area is 377 Å². The summed E-state index contributed by atoms with van der Waals surface area (Å²) >= 11 is 1.95. The first kappa shape index (κ1) is 36.7. The predicted molar refractivity (Wildman–Crippen MR) is 270 cm³/mol. The molecule has 1 aromatic heterocycles. The van der Waals surface area contributed by atoms with Crippen LogP contribution in [0.15, 0.2) is 243 Å². The van der Waals surface area contributed by atoms with E-state index in [1.165, 1.54) is 75.8 Å². The number of fused-ring (bicyclic) bond motifs is 13. The van der Waals surface area contributed by atoms with Crippen molar-refractivity contribution in [3.05, 3.63) is 264 Å². The van der Waals surface area contributed by atoms with Crippen LogP contribution in [-0.4, -0.2) is 0 Å². The summed E-state index contributed by atoms with van der Waals surface area (Å²) in [7, 11) is 0. The Morgan fingerprint density at radius 3 is 1.59 bits per heavy atom. The van der Waals surface area contributed by atoms with Crippen LogP contribution in [0.5, 0.6) is 0 Å². The molecule has 1 unspecified atom stereocenters. The van der Waals surface area contributed by atoms with Crippen molar-refractivity contribution in [1.82, 2.24) is 0 Å². The van der Waals surface area contributed by atoms with Gasteiger partial charge in [0.25, 0.3) is 0 Å². The molecule has 2 nitrogen and oxygen atoms in total. The first-order valence-corrected chi connectivity index (χ1v) is 22.8. The van der Waals surface area contributed by atoms with E-state index in [2.05, 4.69) is 252 Å². The average Bonchev–Trinajstić information content (AvgIpc) is 3.99. The molecule has 64 heavy (non-hydrogen) atoms. The number of anilines is 6. The molecule has 2 aliphatic rings. The van der Waals surface area contributed by atoms with Gasteiger partial charge in [-0.05, 0) is 111 Å². The Balaban J connectivity index is 1.11. The molecular formula is C61H40N2S. The second kappa shape index (κ2) is 14.6. The Kier molecular flexibility index (Phi) is 8.34. The number of hydrogen-bond acceptors (Lipinski definition) is 3. The van der Waals surface area contributed by atoms with Crippen LogP contribution in [0, 0.1) is 0 Å². The van der Waals surface area contributed by atoms with E-state index in [-0.39, 0.29) is 0 Å². The van der Waals surface area contributed by atoms with Gasteiger partial charge in [-0.2, -0.15) is 0 Å². The van der Waals surface area contributed by atoms with Crippen LogP contribution in [-0.2, 0) is 5.41 Å². The number of hydrogen-bond donors (Lipinski definition) is 0. The topological polar surface area (TPSA) is 6.48 Å². The summed E-state index contributed by atoms with van der Waals surface area (Å²) in [4.78, 5) is 6.29. The molecule has 0 saturated heterocycles. The van der Waals surface area contributed by atoms with Gasteiger partial charge in [-0.1, -0.05) is 176 Å². The number of benzene rings is 10. The van der Waals surface area contributed by atoms with Crippen LogP contribution in [0.1, 0.15) is 21.6 Å². The molecule has 0 fully saturated rings. The second-order valence-corrected chi connectivity index (χ2v) is 17.8. The van der Waals surface area contributed by atoms with Gasteiger partial charge in [0.2, 0.25) is 0 Å². The quantitative estimate of drug-likeness (QED) is 0.158. The molecule has 0 bridgehead atoms. The third-order valence-corrected chi connectivity index (χ3v) is 14.7. The van der Waals surface area contributed by atoms with Gasteiger partial charge < -0.3 is 9.80 Å². The van der Waals surface area contributed by atoms with Crippen molar-refractivity contribution < 1.29 is 0 Å². The molecule has 2 aliphatic carbocycles. The van der Waals surface area contributed by atoms with Crippen LogP contribution in [0.3, 0.4) is 0 Å². The van der Waals surface area contributed by atoms with Gasteiger partial charge in [-0.25, -0.2) is 0 Å². The van der Waals surface area contributed by atoms with E-state index in [1.54, 1.807) is 0 Å². The molecule has 13 rings (SSSR count). The molecule has 1 heterocycles. The van der Waals surface area contributed by atoms with Crippen molar-refractivity contribution in [2.24, 2.45) is 0 Å². The van der Waals surface area contributed by atoms with Gasteiger partial charge in [-0.3, -0.25) is 0 Å². The second-order valence-electron chi connectivity index (χ2n) is 16.8. The van der Waals surface area contributed by atoms with Crippen LogP contribution >= 0.6 is 11.3 Å². The zero-order chi connectivity index (χ0) is 42.2. The highest BCUT2D eigenvalue weighted by Crippen LogP contribution is 2.67. The molecule has 1 atom stereocenters. The zero-order valence-electron chi connectivity index (χ0n) is 34.9. The third kappa shape index (κ3) is 5.38. The van der Waals surface area contributed by atoms with Crippen molar-refractivity contribution in [3.8, 4) is 33.4 Å². The Bertz CT molecular complexity index is 3570. The van der Waals surface area contributed by atoms with Gasteiger partial charge in [0, 0.05) is 54.2 Å². The first-order valence-electron chi connectivity index (χ1n) is 22.0. The lowest BCUT2D eigenvalue weighted by molar-refractivity contribution is 0.811. The molecule has 0 aliphatic heterocycles. The number of para-hydroxylation sites is 3. The Morgan fingerprint density at radius 1 is 0.328 bits per heavy atom. The molecule has 0 N–H and O–H groups in total. The van der Waals surface area contributed by atoms with Crippen molar-refractivity contribution in [2.75, 3.05) is 9.80 Å². The highest BCUT2D eigenvalue weighted by Gasteiger charge is 2.54. The van der Waals surface area contributed by atoms with Crippen LogP contribution in [0.2, 0.25) is 0 Å². The fourth-order valence-corrected chi connectivity index (χ4v) is 12.2. The maximum absolute atomic E-state index is 2.52. The number of nitrogens with zero attached hydrogens (tertiary/aromatic N) is 2. The highest BCUT2D eigenvalue weighted by atomic mass is 32.1. The van der Waals surface area contributed by atoms with E-state index in [0.717, 1.165) is 34.1 Å². The fraction of sp³-hybridized carbons (Fsp3) is 0.0164. The maximum Gasteiger partial charge on any atom is 0.0820 e. The SMILES string of the molecule is c1ccc(-c2ccccc2N(c2ccccc2)c2ccc3c(c2)C2(c4ccccc4-c4ccc(N(c5ccccc5)c5cccc6ccccc56)cc42)c2sc4ccccc4c2-3)cc1. The van der Waals surface area contributed by atoms with Crippen LogP contribution in [0.25, 0.3) is 54.2 Å². The average molecular weight is 833 g/mol. The summed E-state index contributed by atoms with van der Waals surface area (Å²) in [6.45, 7) is 0. The van der Waals surface area contributed by atoms with Crippen molar-refractivity contribution in [1.29, 1.82) is 0 Å². The largest absolute Gasteiger partial charge is 0.310 e. The Morgan fingerprint density at radius 2 is 0.844 bits per heavy atom. The molecular weight excluding hydrogens is 793 g/mol. The van der Waals surface area contributed by atoms with Crippen LogP contribution < -0.4 is 9.80 Å². The van der Waals surface area contributed by atoms with Gasteiger partial charge in [0.1, 0.15) is 0 Å². The molecule has 0 radical (unpaired) electrons. The maximum atomic E-state index is 2.52. The predicted octanol–water partition coefficient (Wildman–Crippen LogP) is 17.0. The Hall–Kier alpha value is -7.98. The highest BCUT2D eigenvalue weighted by molar-refractivity contribution is 7.20. The molecule has 0 saturated carbocycles. The standard InChI is InChI=1S/C61H40N2S/c1-4-19-41(20-5-1)47-28-13-16-32-56(47)62(43-23-6-2-7-24-43)46-36-38-51-55(40-46)61(60-59(51)52-30-14-17-34-58(52)64-60)53-31-15-12-29-49(53)50-37-35-45(39-54(50)61)63(44-25-8-3-9-26-44)57-33-18-22-42-21-10-11-27-48(42)57/h1-40H. The van der Waals surface area contributed by atoms with Crippen molar-refractivity contribution in [2.45, 2.75) is 5.41 Å². The van der Waals surface area contributed by atoms with Gasteiger partial charge in [0.15, 0.2) is 0 Å². The smallest absolute Gasteiger partial charge is 0.0820 e. The lowest BCUT2D eigenvalue weighted by Crippen LogP contribution is -2.26. The summed E-state index contributed by atoms with van der Waals surface area (Å²) in [5, 5.41) is 3.74. The number of rotatable bonds is 7. The molecule has 10 aromatic carbocycles. The lowest BCUT2D eigenvalue weighted by Gasteiger charge is -2.33. The summed E-state index contributed by atoms with van der Waals surface area (Å²) < 4.78 is 1.31. The van der Waals surface area contributed by atoms with E-state index in [1.807, 2.05) is 11.3 Å². The third-order valence-electron chi connectivity index (χ3n) is 13.4. The minimum Gasteiger partial charge on any atom is -0.310 e. The minimum atomic E-state index is -0.575. The fourth-order valence-electron chi connectivity index (χ4n) is 10.8. The summed E-state index contributed by atoms with van der Waals surface area (Å²) in [5.41, 5.74) is 17.7. The van der Waals surface area contributed by atoms with E-state index < -0.39 is 5.41 Å². The summed E-state index contributed by atoms with van der Waals surface area (Å²) in [6.07, 6.45) is 0.